The third-order valence-electron chi connectivity index (χ3n) is 21.6. The van der Waals surface area contributed by atoms with Crippen molar-refractivity contribution >= 4 is 111 Å². The third kappa shape index (κ3) is 7.69. The lowest BCUT2D eigenvalue weighted by atomic mass is 9.33. The minimum absolute atomic E-state index is 0.00424. The molecule has 0 radical (unpaired) electrons. The van der Waals surface area contributed by atoms with Crippen LogP contribution in [0.5, 0.6) is 0 Å². The number of hydrogen-bond donors (Lipinski definition) is 0. The number of anilines is 8. The van der Waals surface area contributed by atoms with E-state index < -0.39 is 0 Å². The van der Waals surface area contributed by atoms with Crippen LogP contribution in [0, 0.1) is 0 Å². The van der Waals surface area contributed by atoms with Crippen LogP contribution in [0.25, 0.3) is 42.3 Å². The average Bonchev–Trinajstić information content (AvgIpc) is 1.46. The summed E-state index contributed by atoms with van der Waals surface area (Å²) in [7, 11) is 0. The molecule has 0 saturated heterocycles. The van der Waals surface area contributed by atoms with Crippen LogP contribution in [0.2, 0.25) is 0 Å². The van der Waals surface area contributed by atoms with E-state index in [9.17, 15) is 0 Å². The van der Waals surface area contributed by atoms with E-state index in [1.807, 2.05) is 11.3 Å². The summed E-state index contributed by atoms with van der Waals surface area (Å²) in [6.07, 6.45) is 6.91. The fraction of sp³-hybridized carbons (Fsp3) is 0.359. The number of nitrogens with zero attached hydrogens (tertiary/aromatic N) is 3. The molecular weight excluding hydrogens is 1040 g/mol. The number of rotatable bonds is 5. The lowest BCUT2D eigenvalue weighted by Gasteiger charge is -2.52. The molecule has 1 saturated carbocycles. The number of fused-ring (bicyclic) bond motifs is 13. The van der Waals surface area contributed by atoms with Crippen molar-refractivity contribution in [3.63, 3.8) is 0 Å². The van der Waals surface area contributed by atoms with Crippen molar-refractivity contribution in [1.29, 1.82) is 0 Å². The molecular formula is C78H82BN3OS. The first kappa shape index (κ1) is 53.7. The highest BCUT2D eigenvalue weighted by Crippen LogP contribution is 2.63. The smallest absolute Gasteiger partial charge is 0.257 e. The van der Waals surface area contributed by atoms with Gasteiger partial charge in [0.25, 0.3) is 6.71 Å². The van der Waals surface area contributed by atoms with Gasteiger partial charge in [-0.05, 0) is 188 Å². The van der Waals surface area contributed by atoms with Gasteiger partial charge in [-0.15, -0.1) is 11.3 Å². The van der Waals surface area contributed by atoms with Crippen LogP contribution in [0.1, 0.15) is 176 Å². The minimum atomic E-state index is -0.220. The van der Waals surface area contributed by atoms with Gasteiger partial charge in [0.1, 0.15) is 5.58 Å². The SMILES string of the molecule is CC(C)(C)c1ccc(N(c2ccc(C(C)(C)C)cc2)c2cc3c4c(c2)N2c5c(cc(-c6cccc7c6sc6ccccc67)cc5C5(C)CCCCC25C)B4c2c(oc4cc5c(cc24)C(C)(C)CCC5(C)C)N3c2ccc(C(C)(C)C)cc2)cc1. The van der Waals surface area contributed by atoms with Crippen molar-refractivity contribution in [2.24, 2.45) is 0 Å². The lowest BCUT2D eigenvalue weighted by molar-refractivity contribution is 0.195. The van der Waals surface area contributed by atoms with E-state index in [0.29, 0.717) is 0 Å². The monoisotopic (exact) mass is 1120 g/mol. The zero-order valence-corrected chi connectivity index (χ0v) is 53.2. The van der Waals surface area contributed by atoms with Gasteiger partial charge in [-0.25, -0.2) is 0 Å². The lowest BCUT2D eigenvalue weighted by Crippen LogP contribution is -2.64. The van der Waals surface area contributed by atoms with Crippen LogP contribution in [0.15, 0.2) is 156 Å². The Morgan fingerprint density at radius 1 is 0.512 bits per heavy atom. The molecule has 4 nitrogen and oxygen atoms in total. The van der Waals surface area contributed by atoms with Crippen molar-refractivity contribution in [3.8, 4) is 11.1 Å². The van der Waals surface area contributed by atoms with Gasteiger partial charge in [0.15, 0.2) is 0 Å². The molecule has 5 aliphatic rings. The summed E-state index contributed by atoms with van der Waals surface area (Å²) in [4.78, 5) is 8.01. The first-order valence-electron chi connectivity index (χ1n) is 31.4. The second kappa shape index (κ2) is 17.8. The molecule has 2 aliphatic carbocycles. The zero-order chi connectivity index (χ0) is 58.6. The maximum atomic E-state index is 7.82. The third-order valence-corrected chi connectivity index (χ3v) is 22.8. The molecule has 2 aromatic heterocycles. The van der Waals surface area contributed by atoms with Crippen molar-refractivity contribution in [3.05, 3.63) is 185 Å². The van der Waals surface area contributed by atoms with Crippen molar-refractivity contribution in [2.45, 2.75) is 180 Å². The van der Waals surface area contributed by atoms with Crippen LogP contribution in [0.3, 0.4) is 0 Å². The van der Waals surface area contributed by atoms with E-state index in [1.54, 1.807) is 0 Å². The molecule has 3 aliphatic heterocycles. The quantitative estimate of drug-likeness (QED) is 0.160. The van der Waals surface area contributed by atoms with E-state index >= 15 is 0 Å². The maximum Gasteiger partial charge on any atom is 0.257 e. The van der Waals surface area contributed by atoms with Crippen LogP contribution in [-0.2, 0) is 32.5 Å². The molecule has 5 heterocycles. The summed E-state index contributed by atoms with van der Waals surface area (Å²) in [5.41, 5.74) is 24.1. The predicted octanol–water partition coefficient (Wildman–Crippen LogP) is 20.5. The summed E-state index contributed by atoms with van der Waals surface area (Å²) >= 11 is 1.95. The Balaban J connectivity index is 1.09. The minimum Gasteiger partial charge on any atom is -0.440 e. The van der Waals surface area contributed by atoms with Gasteiger partial charge in [0.05, 0.1) is 11.2 Å². The Kier molecular flexibility index (Phi) is 11.4. The summed E-state index contributed by atoms with van der Waals surface area (Å²) in [6.45, 7) is 35.9. The van der Waals surface area contributed by atoms with Crippen molar-refractivity contribution in [1.82, 2.24) is 0 Å². The highest BCUT2D eigenvalue weighted by atomic mass is 32.1. The highest BCUT2D eigenvalue weighted by molar-refractivity contribution is 7.26. The maximum absolute atomic E-state index is 7.82. The Morgan fingerprint density at radius 2 is 1.08 bits per heavy atom. The number of thiophene rings is 1. The van der Waals surface area contributed by atoms with Crippen molar-refractivity contribution in [2.75, 3.05) is 14.7 Å². The van der Waals surface area contributed by atoms with Gasteiger partial charge in [0.2, 0.25) is 5.88 Å². The number of furan rings is 1. The number of hydrogen-bond acceptors (Lipinski definition) is 5. The van der Waals surface area contributed by atoms with Gasteiger partial charge in [-0.2, -0.15) is 0 Å². The summed E-state index contributed by atoms with van der Waals surface area (Å²) in [5, 5.41) is 3.92. The second-order valence-electron chi connectivity index (χ2n) is 30.8. The molecule has 0 bridgehead atoms. The summed E-state index contributed by atoms with van der Waals surface area (Å²) in [5.74, 6) is 0.926. The molecule has 8 aromatic carbocycles. The number of benzene rings is 8. The second-order valence-corrected chi connectivity index (χ2v) is 31.8. The molecule has 2 unspecified atom stereocenters. The molecule has 6 heteroatoms. The largest absolute Gasteiger partial charge is 0.440 e. The Hall–Kier alpha value is -7.02. The molecule has 0 N–H and O–H groups in total. The molecule has 1 fully saturated rings. The summed E-state index contributed by atoms with van der Waals surface area (Å²) < 4.78 is 10.5. The van der Waals surface area contributed by atoms with E-state index in [-0.39, 0.29) is 44.7 Å². The predicted molar refractivity (Wildman–Crippen MR) is 363 cm³/mol. The first-order chi connectivity index (χ1) is 39.7. The van der Waals surface area contributed by atoms with E-state index in [4.69, 9.17) is 4.42 Å². The summed E-state index contributed by atoms with van der Waals surface area (Å²) in [6, 6.07) is 59.9. The molecule has 2 atom stereocenters. The van der Waals surface area contributed by atoms with Crippen LogP contribution >= 0.6 is 11.3 Å². The van der Waals surface area contributed by atoms with Crippen LogP contribution in [0.4, 0.5) is 45.7 Å². The molecule has 0 spiro atoms. The Morgan fingerprint density at radius 3 is 1.71 bits per heavy atom. The molecule has 424 valence electrons. The van der Waals surface area contributed by atoms with Crippen molar-refractivity contribution < 1.29 is 4.42 Å². The fourth-order valence-corrected chi connectivity index (χ4v) is 17.4. The van der Waals surface area contributed by atoms with Gasteiger partial charge in [-0.3, -0.25) is 4.90 Å². The van der Waals surface area contributed by atoms with Crippen LogP contribution < -0.4 is 31.1 Å². The van der Waals surface area contributed by atoms with E-state index in [1.165, 1.54) is 116 Å². The fourth-order valence-electron chi connectivity index (χ4n) is 16.2. The van der Waals surface area contributed by atoms with E-state index in [0.717, 1.165) is 59.9 Å². The van der Waals surface area contributed by atoms with Gasteiger partial charge in [-0.1, -0.05) is 189 Å². The van der Waals surface area contributed by atoms with Crippen LogP contribution in [-0.4, -0.2) is 12.3 Å². The standard InChI is InChI=1S/C78H82BN3OS/c1-72(2,3)48-25-31-51(32-26-48)80(52-33-27-49(28-34-52)73(4,5)6)54-43-63-68-64(44-54)82-69-61(77(14)37-18-19-38-78(77,82)15)41-47(55-22-20-23-57-56-21-16-17-24-66(56)84-70(55)57)42-62(69)79(68)67-58-45-59-60(76(12,13)40-39-75(59,10)11)46-65(58)83-71(67)81(63)53-35-29-50(30-36-53)74(7,8)9/h16-17,20-36,41-46H,18-19,37-40H2,1-15H3. The van der Waals surface area contributed by atoms with Gasteiger partial charge < -0.3 is 14.2 Å². The van der Waals surface area contributed by atoms with Gasteiger partial charge in [0, 0.05) is 70.6 Å². The van der Waals surface area contributed by atoms with E-state index in [2.05, 4.69) is 270 Å². The Labute approximate surface area is 504 Å². The first-order valence-corrected chi connectivity index (χ1v) is 32.2. The Bertz CT molecular complexity index is 4310. The normalized spacial score (nSPS) is 20.2. The molecule has 15 rings (SSSR count). The molecule has 10 aromatic rings. The molecule has 0 amide bonds. The molecule has 84 heavy (non-hydrogen) atoms. The highest BCUT2D eigenvalue weighted by Gasteiger charge is 2.62. The average molecular weight is 1120 g/mol. The zero-order valence-electron chi connectivity index (χ0n) is 52.4. The van der Waals surface area contributed by atoms with Gasteiger partial charge >= 0.3 is 0 Å². The topological polar surface area (TPSA) is 22.9 Å².